The smallest absolute Gasteiger partial charge is 0.416 e. The lowest BCUT2D eigenvalue weighted by atomic mass is 10.1. The van der Waals surface area contributed by atoms with Gasteiger partial charge in [0.25, 0.3) is 0 Å². The number of esters is 1. The van der Waals surface area contributed by atoms with E-state index in [4.69, 9.17) is 16.0 Å². The number of fused-ring (bicyclic) bond motifs is 1. The van der Waals surface area contributed by atoms with Gasteiger partial charge in [-0.05, 0) is 49.4 Å². The van der Waals surface area contributed by atoms with E-state index in [9.17, 15) is 27.6 Å². The highest BCUT2D eigenvalue weighted by molar-refractivity contribution is 6.33. The summed E-state index contributed by atoms with van der Waals surface area (Å²) in [7, 11) is 1.26. The molecule has 0 saturated heterocycles. The normalized spacial score (nSPS) is 11.5. The topological polar surface area (TPSA) is 103 Å². The number of nitrogens with zero attached hydrogens (tertiary/aromatic N) is 2. The van der Waals surface area contributed by atoms with Crippen LogP contribution in [0.15, 0.2) is 57.7 Å². The summed E-state index contributed by atoms with van der Waals surface area (Å²) in [4.78, 5) is 41.2. The van der Waals surface area contributed by atoms with Crippen LogP contribution in [-0.2, 0) is 22.3 Å². The summed E-state index contributed by atoms with van der Waals surface area (Å²) in [5, 5.41) is 2.19. The minimum atomic E-state index is -4.57. The third-order valence-corrected chi connectivity index (χ3v) is 5.59. The van der Waals surface area contributed by atoms with Crippen molar-refractivity contribution in [1.29, 1.82) is 0 Å². The maximum absolute atomic E-state index is 12.9. The van der Waals surface area contributed by atoms with Crippen molar-refractivity contribution in [3.8, 4) is 11.5 Å². The Balaban J connectivity index is 1.63. The number of hydrogen-bond acceptors (Lipinski definition) is 6. The lowest BCUT2D eigenvalue weighted by Crippen LogP contribution is -2.22. The fourth-order valence-corrected chi connectivity index (χ4v) is 3.70. The molecule has 2 aromatic heterocycles. The molecule has 0 atom stereocenters. The van der Waals surface area contributed by atoms with E-state index in [1.54, 1.807) is 19.1 Å². The number of pyridine rings is 1. The Bertz CT molecular complexity index is 1540. The molecular weight excluding hydrogens is 503 g/mol. The van der Waals surface area contributed by atoms with Gasteiger partial charge in [-0.2, -0.15) is 18.2 Å². The summed E-state index contributed by atoms with van der Waals surface area (Å²) in [6.45, 7) is 1.27. The van der Waals surface area contributed by atoms with Gasteiger partial charge in [-0.25, -0.2) is 4.79 Å². The van der Waals surface area contributed by atoms with Gasteiger partial charge >= 0.3 is 12.1 Å². The van der Waals surface area contributed by atoms with Crippen LogP contribution in [-0.4, -0.2) is 28.5 Å². The van der Waals surface area contributed by atoms with Crippen LogP contribution < -0.4 is 10.7 Å². The molecule has 0 aliphatic carbocycles. The fraction of sp³-hybridized carbons (Fsp3) is 0.167. The molecule has 36 heavy (non-hydrogen) atoms. The van der Waals surface area contributed by atoms with Crippen LogP contribution in [0, 0.1) is 6.92 Å². The number of amides is 1. The molecule has 0 aliphatic rings. The van der Waals surface area contributed by atoms with E-state index in [2.05, 4.69) is 15.0 Å². The fourth-order valence-electron chi connectivity index (χ4n) is 3.47. The van der Waals surface area contributed by atoms with Crippen molar-refractivity contribution in [3.63, 3.8) is 0 Å². The quantitative estimate of drug-likeness (QED) is 0.370. The molecule has 1 N–H and O–H groups in total. The van der Waals surface area contributed by atoms with Crippen molar-refractivity contribution in [3.05, 3.63) is 80.6 Å². The van der Waals surface area contributed by atoms with E-state index in [1.807, 2.05) is 0 Å². The molecule has 2 heterocycles. The van der Waals surface area contributed by atoms with Gasteiger partial charge in [0.2, 0.25) is 22.8 Å². The van der Waals surface area contributed by atoms with E-state index < -0.39 is 29.0 Å². The lowest BCUT2D eigenvalue weighted by Gasteiger charge is -2.13. The molecule has 0 spiro atoms. The first-order valence-electron chi connectivity index (χ1n) is 10.3. The van der Waals surface area contributed by atoms with Crippen LogP contribution in [0.4, 0.5) is 18.9 Å². The number of methoxy groups -OCH3 is 1. The molecule has 8 nitrogen and oxygen atoms in total. The highest BCUT2D eigenvalue weighted by Crippen LogP contribution is 2.34. The average Bonchev–Trinajstić information content (AvgIpc) is 3.28. The molecule has 2 aromatic carbocycles. The number of aryl methyl sites for hydroxylation is 1. The number of oxazole rings is 1. The number of aromatic nitrogens is 2. The Morgan fingerprint density at radius 2 is 1.83 bits per heavy atom. The van der Waals surface area contributed by atoms with E-state index in [0.29, 0.717) is 16.8 Å². The molecule has 0 fully saturated rings. The Labute approximate surface area is 206 Å². The van der Waals surface area contributed by atoms with Crippen molar-refractivity contribution < 1.29 is 31.9 Å². The largest absolute Gasteiger partial charge is 0.465 e. The maximum atomic E-state index is 12.9. The minimum Gasteiger partial charge on any atom is -0.465 e. The Morgan fingerprint density at radius 3 is 2.44 bits per heavy atom. The van der Waals surface area contributed by atoms with Crippen molar-refractivity contribution in [2.24, 2.45) is 0 Å². The summed E-state index contributed by atoms with van der Waals surface area (Å²) < 4.78 is 50.3. The van der Waals surface area contributed by atoms with Gasteiger partial charge < -0.3 is 19.0 Å². The molecule has 0 bridgehead atoms. The third-order valence-electron chi connectivity index (χ3n) is 5.28. The predicted molar refractivity (Wildman–Crippen MR) is 125 cm³/mol. The van der Waals surface area contributed by atoms with Crippen molar-refractivity contribution >= 4 is 40.4 Å². The number of nitrogens with one attached hydrogen (secondary N) is 1. The molecule has 4 aromatic rings. The Kier molecular flexibility index (Phi) is 6.59. The number of halogens is 4. The predicted octanol–water partition coefficient (Wildman–Crippen LogP) is 5.06. The number of benzene rings is 2. The molecule has 0 saturated carbocycles. The summed E-state index contributed by atoms with van der Waals surface area (Å²) in [6, 6.07) is 10.0. The molecule has 0 aliphatic heterocycles. The number of ether oxygens (including phenoxy) is 1. The first-order valence-corrected chi connectivity index (χ1v) is 10.7. The second-order valence-electron chi connectivity index (χ2n) is 7.72. The molecule has 0 unspecified atom stereocenters. The Hall–Kier alpha value is -4.12. The van der Waals surface area contributed by atoms with E-state index in [1.165, 1.54) is 29.9 Å². The molecular formula is C24H17ClF3N3O5. The molecule has 4 rings (SSSR count). The molecule has 0 radical (unpaired) electrons. The second-order valence-corrected chi connectivity index (χ2v) is 8.12. The average molecular weight is 520 g/mol. The van der Waals surface area contributed by atoms with E-state index >= 15 is 0 Å². The first kappa shape index (κ1) is 25.0. The number of alkyl halides is 3. The zero-order valence-corrected chi connectivity index (χ0v) is 19.5. The zero-order valence-electron chi connectivity index (χ0n) is 18.8. The molecule has 12 heteroatoms. The van der Waals surface area contributed by atoms with Crippen molar-refractivity contribution in [1.82, 2.24) is 9.55 Å². The Morgan fingerprint density at radius 1 is 1.14 bits per heavy atom. The minimum absolute atomic E-state index is 0.00357. The van der Waals surface area contributed by atoms with Crippen LogP contribution >= 0.6 is 11.6 Å². The summed E-state index contributed by atoms with van der Waals surface area (Å²) in [6.07, 6.45) is -4.57. The standard InChI is InChI=1S/C24H17ClF3N3O5/c1-12-9-18(32)20-21(30-22(36-20)13-3-5-14(6-4-13)23(34)35-2)31(12)11-19(33)29-17-8-7-15(10-16(17)25)24(26,27)28/h3-10H,11H2,1-2H3,(H,29,33). The van der Waals surface area contributed by atoms with Crippen LogP contribution in [0.2, 0.25) is 5.02 Å². The van der Waals surface area contributed by atoms with Gasteiger partial charge in [0.1, 0.15) is 6.54 Å². The summed E-state index contributed by atoms with van der Waals surface area (Å²) >= 11 is 5.92. The molecule has 1 amide bonds. The highest BCUT2D eigenvalue weighted by atomic mass is 35.5. The van der Waals surface area contributed by atoms with Crippen LogP contribution in [0.3, 0.4) is 0 Å². The van der Waals surface area contributed by atoms with Crippen LogP contribution in [0.5, 0.6) is 0 Å². The van der Waals surface area contributed by atoms with Crippen LogP contribution in [0.1, 0.15) is 21.6 Å². The summed E-state index contributed by atoms with van der Waals surface area (Å²) in [5.41, 5.74) is -0.199. The van der Waals surface area contributed by atoms with Gasteiger partial charge in [-0.3, -0.25) is 9.59 Å². The van der Waals surface area contributed by atoms with Gasteiger partial charge in [-0.15, -0.1) is 0 Å². The number of carbonyl (C=O) groups is 2. The van der Waals surface area contributed by atoms with E-state index in [-0.39, 0.29) is 34.4 Å². The number of hydrogen-bond donors (Lipinski definition) is 1. The lowest BCUT2D eigenvalue weighted by molar-refractivity contribution is -0.137. The SMILES string of the molecule is COC(=O)c1ccc(-c2nc3c(o2)c(=O)cc(C)n3CC(=O)Nc2ccc(C(F)(F)F)cc2Cl)cc1. The highest BCUT2D eigenvalue weighted by Gasteiger charge is 2.31. The van der Waals surface area contributed by atoms with Gasteiger partial charge in [0.05, 0.1) is 28.9 Å². The zero-order chi connectivity index (χ0) is 26.2. The monoisotopic (exact) mass is 519 g/mol. The third kappa shape index (κ3) is 4.96. The van der Waals surface area contributed by atoms with Crippen molar-refractivity contribution in [2.75, 3.05) is 12.4 Å². The molecule has 186 valence electrons. The summed E-state index contributed by atoms with van der Waals surface area (Å²) in [5.74, 6) is -1.05. The van der Waals surface area contributed by atoms with Gasteiger partial charge in [0.15, 0.2) is 5.65 Å². The van der Waals surface area contributed by atoms with Crippen LogP contribution in [0.25, 0.3) is 22.7 Å². The first-order chi connectivity index (χ1) is 17.0. The number of rotatable bonds is 5. The van der Waals surface area contributed by atoms with E-state index in [0.717, 1.165) is 18.2 Å². The van der Waals surface area contributed by atoms with Gasteiger partial charge in [0, 0.05) is 17.3 Å². The van der Waals surface area contributed by atoms with Gasteiger partial charge in [-0.1, -0.05) is 11.6 Å². The van der Waals surface area contributed by atoms with Crippen molar-refractivity contribution in [2.45, 2.75) is 19.6 Å². The number of carbonyl (C=O) groups excluding carboxylic acids is 2. The maximum Gasteiger partial charge on any atom is 0.416 e. The number of anilines is 1. The second kappa shape index (κ2) is 9.50.